The average Bonchev–Trinajstić information content (AvgIpc) is 2.21. The van der Waals surface area contributed by atoms with Crippen molar-refractivity contribution in [2.24, 2.45) is 11.1 Å². The molecule has 1 fully saturated rings. The summed E-state index contributed by atoms with van der Waals surface area (Å²) in [6.45, 7) is 14.8. The van der Waals surface area contributed by atoms with Crippen LogP contribution in [0.25, 0.3) is 0 Å². The first-order valence-corrected chi connectivity index (χ1v) is 5.47. The molecule has 0 aromatic carbocycles. The van der Waals surface area contributed by atoms with E-state index in [1.54, 1.807) is 6.20 Å². The van der Waals surface area contributed by atoms with Crippen LogP contribution < -0.4 is 5.73 Å². The maximum atomic E-state index is 6.07. The first-order valence-electron chi connectivity index (χ1n) is 5.47. The van der Waals surface area contributed by atoms with Crippen molar-refractivity contribution in [2.75, 3.05) is 0 Å². The summed E-state index contributed by atoms with van der Waals surface area (Å²) in [6, 6.07) is 0. The third-order valence-corrected chi connectivity index (χ3v) is 3.78. The van der Waals surface area contributed by atoms with E-state index in [1.165, 1.54) is 0 Å². The minimum absolute atomic E-state index is 0.0949. The van der Waals surface area contributed by atoms with Crippen LogP contribution in [0.4, 0.5) is 0 Å². The molecule has 2 nitrogen and oxygen atoms in total. The summed E-state index contributed by atoms with van der Waals surface area (Å²) in [7, 11) is 0. The van der Waals surface area contributed by atoms with Crippen LogP contribution in [-0.2, 0) is 4.65 Å². The molecule has 1 rings (SSSR count). The second-order valence-corrected chi connectivity index (χ2v) is 5.61. The smallest absolute Gasteiger partial charge is 0.329 e. The topological polar surface area (TPSA) is 35.2 Å². The van der Waals surface area contributed by atoms with Crippen molar-refractivity contribution in [3.63, 3.8) is 0 Å². The number of nitrogens with two attached hydrogens (primary N) is 1. The van der Waals surface area contributed by atoms with Crippen LogP contribution >= 0.6 is 0 Å². The van der Waals surface area contributed by atoms with Crippen LogP contribution in [0.3, 0.4) is 0 Å². The molecule has 0 aliphatic carbocycles. The highest BCUT2D eigenvalue weighted by Crippen LogP contribution is 2.47. The molecule has 0 unspecified atom stereocenters. The molecule has 1 aliphatic rings. The zero-order valence-electron chi connectivity index (χ0n) is 10.6. The van der Waals surface area contributed by atoms with E-state index < -0.39 is 0 Å². The van der Waals surface area contributed by atoms with Gasteiger partial charge in [0, 0.05) is 0 Å². The molecule has 2 N–H and O–H groups in total. The molecule has 0 radical (unpaired) electrons. The zero-order chi connectivity index (χ0) is 11.9. The van der Waals surface area contributed by atoms with Crippen LogP contribution in [0.5, 0.6) is 0 Å². The van der Waals surface area contributed by atoms with Crippen molar-refractivity contribution >= 4 is 6.92 Å². The summed E-state index contributed by atoms with van der Waals surface area (Å²) in [5, 5.41) is 0. The Morgan fingerprint density at radius 1 is 1.40 bits per heavy atom. The van der Waals surface area contributed by atoms with Crippen molar-refractivity contribution in [1.29, 1.82) is 0 Å². The Morgan fingerprint density at radius 2 is 1.93 bits per heavy atom. The molecule has 0 bridgehead atoms. The lowest BCUT2D eigenvalue weighted by molar-refractivity contribution is 0.0371. The summed E-state index contributed by atoms with van der Waals surface area (Å²) in [5.41, 5.74) is 7.72. The third-order valence-electron chi connectivity index (χ3n) is 3.78. The lowest BCUT2D eigenvalue weighted by atomic mass is 9.52. The molecular weight excluding hydrogens is 185 g/mol. The Labute approximate surface area is 93.7 Å². The van der Waals surface area contributed by atoms with Gasteiger partial charge in [0.15, 0.2) is 0 Å². The van der Waals surface area contributed by atoms with E-state index in [1.807, 2.05) is 6.92 Å². The summed E-state index contributed by atoms with van der Waals surface area (Å²) >= 11 is 0. The molecular formula is C12H22BNO. The highest BCUT2D eigenvalue weighted by Gasteiger charge is 2.50. The Balaban J connectivity index is 2.92. The molecule has 84 valence electrons. The van der Waals surface area contributed by atoms with Gasteiger partial charge in [0.1, 0.15) is 0 Å². The number of allylic oxidation sites excluding steroid dienone is 2. The SMILES string of the molecule is C=C(C)/C(=C\N)B1CC(C)(C)C(C)(C)O1. The van der Waals surface area contributed by atoms with Crippen LogP contribution in [0.1, 0.15) is 34.6 Å². The Morgan fingerprint density at radius 3 is 2.20 bits per heavy atom. The van der Waals surface area contributed by atoms with Gasteiger partial charge in [-0.2, -0.15) is 0 Å². The predicted octanol–water partition coefficient (Wildman–Crippen LogP) is 2.77. The maximum absolute atomic E-state index is 6.07. The van der Waals surface area contributed by atoms with Gasteiger partial charge in [0.2, 0.25) is 0 Å². The lowest BCUT2D eigenvalue weighted by Crippen LogP contribution is -2.34. The molecule has 0 aromatic rings. The van der Waals surface area contributed by atoms with Gasteiger partial charge in [-0.25, -0.2) is 0 Å². The fourth-order valence-electron chi connectivity index (χ4n) is 1.96. The fraction of sp³-hybridized carbons (Fsp3) is 0.667. The van der Waals surface area contributed by atoms with E-state index in [9.17, 15) is 0 Å². The van der Waals surface area contributed by atoms with Gasteiger partial charge < -0.3 is 10.4 Å². The summed E-state index contributed by atoms with van der Waals surface area (Å²) in [6.07, 6.45) is 2.63. The quantitative estimate of drug-likeness (QED) is 0.558. The molecule has 0 aromatic heterocycles. The summed E-state index contributed by atoms with van der Waals surface area (Å²) < 4.78 is 6.07. The molecule has 0 spiro atoms. The number of hydrogen-bond acceptors (Lipinski definition) is 2. The minimum atomic E-state index is -0.110. The van der Waals surface area contributed by atoms with Crippen LogP contribution in [0.2, 0.25) is 6.32 Å². The third kappa shape index (κ3) is 2.12. The van der Waals surface area contributed by atoms with Crippen LogP contribution in [0.15, 0.2) is 23.8 Å². The largest absolute Gasteiger partial charge is 0.425 e. The van der Waals surface area contributed by atoms with Gasteiger partial charge in [0.25, 0.3) is 0 Å². The van der Waals surface area contributed by atoms with Crippen molar-refractivity contribution < 1.29 is 4.65 Å². The number of rotatable bonds is 2. The van der Waals surface area contributed by atoms with Crippen LogP contribution in [-0.4, -0.2) is 12.5 Å². The van der Waals surface area contributed by atoms with E-state index in [0.717, 1.165) is 17.4 Å². The van der Waals surface area contributed by atoms with Crippen LogP contribution in [0, 0.1) is 5.41 Å². The number of hydrogen-bond donors (Lipinski definition) is 1. The summed E-state index contributed by atoms with van der Waals surface area (Å²) in [4.78, 5) is 0. The monoisotopic (exact) mass is 207 g/mol. The molecule has 3 heteroatoms. The summed E-state index contributed by atoms with van der Waals surface area (Å²) in [5.74, 6) is 0. The van der Waals surface area contributed by atoms with Gasteiger partial charge in [-0.15, -0.1) is 0 Å². The van der Waals surface area contributed by atoms with Gasteiger partial charge in [-0.1, -0.05) is 26.0 Å². The van der Waals surface area contributed by atoms with E-state index in [2.05, 4.69) is 34.3 Å². The van der Waals surface area contributed by atoms with Gasteiger partial charge >= 0.3 is 6.92 Å². The highest BCUT2D eigenvalue weighted by atomic mass is 16.5. The van der Waals surface area contributed by atoms with E-state index in [-0.39, 0.29) is 17.9 Å². The minimum Gasteiger partial charge on any atom is -0.425 e. The van der Waals surface area contributed by atoms with Crippen molar-refractivity contribution in [3.8, 4) is 0 Å². The average molecular weight is 207 g/mol. The van der Waals surface area contributed by atoms with Gasteiger partial charge in [0.05, 0.1) is 5.60 Å². The first-order chi connectivity index (χ1) is 6.71. The molecule has 1 saturated heterocycles. The van der Waals surface area contributed by atoms with E-state index in [4.69, 9.17) is 10.4 Å². The Bertz CT molecular complexity index is 289. The Hall–Kier alpha value is -0.695. The lowest BCUT2D eigenvalue weighted by Gasteiger charge is -2.34. The second kappa shape index (κ2) is 3.71. The highest BCUT2D eigenvalue weighted by molar-refractivity contribution is 6.62. The Kier molecular flexibility index (Phi) is 3.06. The van der Waals surface area contributed by atoms with Crippen molar-refractivity contribution in [1.82, 2.24) is 0 Å². The molecule has 0 amide bonds. The molecule has 15 heavy (non-hydrogen) atoms. The van der Waals surface area contributed by atoms with Gasteiger partial charge in [-0.05, 0) is 44.2 Å². The second-order valence-electron chi connectivity index (χ2n) is 5.61. The normalized spacial score (nSPS) is 24.3. The van der Waals surface area contributed by atoms with E-state index in [0.29, 0.717) is 0 Å². The first kappa shape index (κ1) is 12.4. The predicted molar refractivity (Wildman–Crippen MR) is 66.6 cm³/mol. The standard InChI is InChI=1S/C12H22BNO/c1-9(2)10(7-14)13-8-11(3,4)12(5,6)15-13/h7H,1,8,14H2,2-6H3/b10-7+. The molecule has 1 heterocycles. The molecule has 1 aliphatic heterocycles. The van der Waals surface area contributed by atoms with Gasteiger partial charge in [-0.3, -0.25) is 0 Å². The van der Waals surface area contributed by atoms with Crippen molar-refractivity contribution in [2.45, 2.75) is 46.5 Å². The zero-order valence-corrected chi connectivity index (χ0v) is 10.6. The van der Waals surface area contributed by atoms with Crippen molar-refractivity contribution in [3.05, 3.63) is 23.8 Å². The maximum Gasteiger partial charge on any atom is 0.329 e. The molecule has 0 atom stereocenters. The van der Waals surface area contributed by atoms with E-state index >= 15 is 0 Å². The fourth-order valence-corrected chi connectivity index (χ4v) is 1.96. The molecule has 0 saturated carbocycles.